The Morgan fingerprint density at radius 3 is 2.81 bits per heavy atom. The van der Waals surface area contributed by atoms with Gasteiger partial charge in [0.2, 0.25) is 16.8 Å². The highest BCUT2D eigenvalue weighted by molar-refractivity contribution is 7.89. The highest BCUT2D eigenvalue weighted by Gasteiger charge is 2.47. The fourth-order valence-electron chi connectivity index (χ4n) is 5.79. The zero-order valence-electron chi connectivity index (χ0n) is 17.9. The van der Waals surface area contributed by atoms with Gasteiger partial charge in [0.05, 0.1) is 5.75 Å². The second kappa shape index (κ2) is 8.41. The van der Waals surface area contributed by atoms with Crippen molar-refractivity contribution in [1.82, 2.24) is 13.9 Å². The van der Waals surface area contributed by atoms with Gasteiger partial charge in [0.25, 0.3) is 10.2 Å². The van der Waals surface area contributed by atoms with Crippen LogP contribution in [0.4, 0.5) is 0 Å². The van der Waals surface area contributed by atoms with Crippen LogP contribution in [0.3, 0.4) is 0 Å². The lowest BCUT2D eigenvalue weighted by Gasteiger charge is -2.51. The molecule has 0 spiro atoms. The average molecular weight is 487 g/mol. The fraction of sp³-hybridized carbons (Fsp3) is 0.700. The minimum atomic E-state index is -3.82. The van der Waals surface area contributed by atoms with Crippen molar-refractivity contribution in [3.05, 3.63) is 23.3 Å². The molecule has 0 aliphatic carbocycles. The van der Waals surface area contributed by atoms with Crippen LogP contribution in [0.2, 0.25) is 0 Å². The lowest BCUT2D eigenvalue weighted by Crippen LogP contribution is -2.57. The van der Waals surface area contributed by atoms with Gasteiger partial charge in [-0.1, -0.05) is 6.07 Å². The van der Waals surface area contributed by atoms with E-state index in [4.69, 9.17) is 14.6 Å². The van der Waals surface area contributed by atoms with Crippen LogP contribution < -0.4 is 19.3 Å². The van der Waals surface area contributed by atoms with Crippen molar-refractivity contribution in [2.45, 2.75) is 44.2 Å². The molecule has 3 atom stereocenters. The molecule has 3 N–H and O–H groups in total. The van der Waals surface area contributed by atoms with Crippen LogP contribution in [0, 0.1) is 5.92 Å². The number of sulfonamides is 1. The molecule has 0 aromatic heterocycles. The van der Waals surface area contributed by atoms with Crippen LogP contribution in [0.15, 0.2) is 12.1 Å². The fourth-order valence-corrected chi connectivity index (χ4v) is 8.04. The van der Waals surface area contributed by atoms with Gasteiger partial charge in [0.1, 0.15) is 0 Å². The van der Waals surface area contributed by atoms with E-state index in [2.05, 4.69) is 15.7 Å². The van der Waals surface area contributed by atoms with Crippen LogP contribution in [0.1, 0.15) is 42.9 Å². The quantitative estimate of drug-likeness (QED) is 0.553. The molecule has 10 nitrogen and oxygen atoms in total. The number of nitrogens with two attached hydrogens (primary N) is 1. The van der Waals surface area contributed by atoms with E-state index in [1.807, 2.05) is 6.07 Å². The van der Waals surface area contributed by atoms with Gasteiger partial charge in [-0.15, -0.1) is 0 Å². The van der Waals surface area contributed by atoms with E-state index in [0.29, 0.717) is 12.5 Å². The Bertz CT molecular complexity index is 1090. The summed E-state index contributed by atoms with van der Waals surface area (Å²) in [6.45, 7) is 2.58. The van der Waals surface area contributed by atoms with Crippen molar-refractivity contribution >= 4 is 20.2 Å². The molecule has 12 heteroatoms. The molecule has 1 aromatic carbocycles. The standard InChI is InChI=1S/C20H30N4O6S2/c21-32(27,28)22-7-2-10-31(25,26)24-8-1-3-15-12-23-9-6-14-4-5-18-20(30-13-29-18)19(14)17(23)11-16(15)24/h4-5,15-17,22H,1-3,6-13H2,(H2,21,27,28)/t15-,16+,17-/m0/s1. The topological polar surface area (TPSA) is 131 Å². The molecule has 2 saturated heterocycles. The summed E-state index contributed by atoms with van der Waals surface area (Å²) in [7, 11) is -7.33. The Hall–Kier alpha value is -1.44. The Kier molecular flexibility index (Phi) is 5.87. The van der Waals surface area contributed by atoms with Crippen molar-refractivity contribution in [2.24, 2.45) is 11.1 Å². The number of nitrogens with zero attached hydrogens (tertiary/aromatic N) is 2. The molecule has 0 amide bonds. The summed E-state index contributed by atoms with van der Waals surface area (Å²) in [5, 5.41) is 4.93. The molecule has 4 aliphatic rings. The van der Waals surface area contributed by atoms with Gasteiger partial charge in [0.15, 0.2) is 11.5 Å². The zero-order chi connectivity index (χ0) is 22.5. The lowest BCUT2D eigenvalue weighted by atomic mass is 9.77. The van der Waals surface area contributed by atoms with Crippen LogP contribution in [0.25, 0.3) is 0 Å². The van der Waals surface area contributed by atoms with Crippen molar-refractivity contribution in [3.63, 3.8) is 0 Å². The number of benzene rings is 1. The van der Waals surface area contributed by atoms with Gasteiger partial charge in [-0.25, -0.2) is 18.3 Å². The number of fused-ring (bicyclic) bond motifs is 6. The first-order valence-electron chi connectivity index (χ1n) is 11.2. The Morgan fingerprint density at radius 2 is 2.00 bits per heavy atom. The van der Waals surface area contributed by atoms with Gasteiger partial charge < -0.3 is 9.47 Å². The predicted octanol–water partition coefficient (Wildman–Crippen LogP) is 0.312. The number of hydrogen-bond donors (Lipinski definition) is 2. The normalized spacial score (nSPS) is 28.1. The van der Waals surface area contributed by atoms with E-state index in [0.717, 1.165) is 55.8 Å². The molecule has 4 aliphatic heterocycles. The van der Waals surface area contributed by atoms with Gasteiger partial charge in [0, 0.05) is 43.8 Å². The summed E-state index contributed by atoms with van der Waals surface area (Å²) in [6.07, 6.45) is 3.73. The monoisotopic (exact) mass is 486 g/mol. The Morgan fingerprint density at radius 1 is 1.16 bits per heavy atom. The van der Waals surface area contributed by atoms with E-state index in [1.165, 1.54) is 5.56 Å². The molecule has 1 aromatic rings. The van der Waals surface area contributed by atoms with Crippen molar-refractivity contribution in [3.8, 4) is 11.5 Å². The first-order chi connectivity index (χ1) is 15.2. The van der Waals surface area contributed by atoms with E-state index < -0.39 is 20.2 Å². The van der Waals surface area contributed by atoms with E-state index in [1.54, 1.807) is 4.31 Å². The number of ether oxygens (including phenoxy) is 2. The van der Waals surface area contributed by atoms with E-state index >= 15 is 0 Å². The first kappa shape index (κ1) is 22.4. The largest absolute Gasteiger partial charge is 0.454 e. The van der Waals surface area contributed by atoms with Crippen LogP contribution in [-0.4, -0.2) is 70.8 Å². The van der Waals surface area contributed by atoms with E-state index in [9.17, 15) is 16.8 Å². The Labute approximate surface area is 189 Å². The van der Waals surface area contributed by atoms with E-state index in [-0.39, 0.29) is 37.6 Å². The molecular formula is C20H30N4O6S2. The second-order valence-electron chi connectivity index (χ2n) is 9.06. The van der Waals surface area contributed by atoms with Gasteiger partial charge >= 0.3 is 0 Å². The lowest BCUT2D eigenvalue weighted by molar-refractivity contribution is 0.0209. The molecule has 0 bridgehead atoms. The number of piperidine rings is 2. The zero-order valence-corrected chi connectivity index (χ0v) is 19.5. The van der Waals surface area contributed by atoms with Crippen molar-refractivity contribution < 1.29 is 26.3 Å². The van der Waals surface area contributed by atoms with Crippen molar-refractivity contribution in [1.29, 1.82) is 0 Å². The Balaban J connectivity index is 1.36. The molecular weight excluding hydrogens is 456 g/mol. The summed E-state index contributed by atoms with van der Waals surface area (Å²) in [6, 6.07) is 4.12. The molecule has 178 valence electrons. The third-order valence-electron chi connectivity index (χ3n) is 7.15. The molecule has 0 unspecified atom stereocenters. The number of nitrogens with one attached hydrogen (secondary N) is 1. The van der Waals surface area contributed by atoms with Gasteiger partial charge in [-0.2, -0.15) is 12.7 Å². The minimum absolute atomic E-state index is 0.00719. The maximum absolute atomic E-state index is 13.2. The molecule has 0 saturated carbocycles. The maximum Gasteiger partial charge on any atom is 0.274 e. The number of rotatable bonds is 6. The van der Waals surface area contributed by atoms with Crippen LogP contribution in [-0.2, 0) is 26.7 Å². The van der Waals surface area contributed by atoms with Gasteiger partial charge in [-0.05, 0) is 49.7 Å². The second-order valence-corrected chi connectivity index (χ2v) is 12.5. The molecule has 4 heterocycles. The SMILES string of the molecule is NS(=O)(=O)NCCCS(=O)(=O)N1CCC[C@H]2CN3CCc4ccc5c(c4[C@@H]3C[C@H]21)OCO5. The third kappa shape index (κ3) is 4.24. The molecule has 2 fully saturated rings. The highest BCUT2D eigenvalue weighted by atomic mass is 32.2. The maximum atomic E-state index is 13.2. The first-order valence-corrected chi connectivity index (χ1v) is 14.3. The minimum Gasteiger partial charge on any atom is -0.454 e. The van der Waals surface area contributed by atoms with Crippen molar-refractivity contribution in [2.75, 3.05) is 38.7 Å². The summed E-state index contributed by atoms with van der Waals surface area (Å²) in [4.78, 5) is 2.48. The average Bonchev–Trinajstić information content (AvgIpc) is 3.23. The third-order valence-corrected chi connectivity index (χ3v) is 9.73. The van der Waals surface area contributed by atoms with Crippen LogP contribution in [0.5, 0.6) is 11.5 Å². The molecule has 0 radical (unpaired) electrons. The summed E-state index contributed by atoms with van der Waals surface area (Å²) in [5.74, 6) is 1.78. The number of hydrogen-bond acceptors (Lipinski definition) is 7. The smallest absolute Gasteiger partial charge is 0.274 e. The highest BCUT2D eigenvalue weighted by Crippen LogP contribution is 2.50. The molecule has 32 heavy (non-hydrogen) atoms. The predicted molar refractivity (Wildman–Crippen MR) is 118 cm³/mol. The summed E-state index contributed by atoms with van der Waals surface area (Å²) in [5.41, 5.74) is 2.42. The van der Waals surface area contributed by atoms with Gasteiger partial charge in [-0.3, -0.25) is 4.90 Å². The summed E-state index contributed by atoms with van der Waals surface area (Å²) >= 11 is 0. The summed E-state index contributed by atoms with van der Waals surface area (Å²) < 4.78 is 63.8. The van der Waals surface area contributed by atoms with Crippen LogP contribution >= 0.6 is 0 Å². The molecule has 5 rings (SSSR count).